The Labute approximate surface area is 41.3 Å². The van der Waals surface area contributed by atoms with Crippen molar-refractivity contribution >= 4 is 0 Å². The Morgan fingerprint density at radius 1 is 1.29 bits per heavy atom. The van der Waals surface area contributed by atoms with E-state index in [1.807, 2.05) is 0 Å². The molecule has 0 N–H and O–H groups in total. The zero-order chi connectivity index (χ0) is 3.41. The first kappa shape index (κ1) is 31.2. The summed E-state index contributed by atoms with van der Waals surface area (Å²) < 4.78 is 0. The van der Waals surface area contributed by atoms with Crippen molar-refractivity contribution in [2.75, 3.05) is 0 Å². The number of hydrogen-bond acceptors (Lipinski definition) is 0. The largest absolute Gasteiger partial charge is 1.00 e. The van der Waals surface area contributed by atoms with Crippen LogP contribution in [0.4, 0.5) is 0 Å². The van der Waals surface area contributed by atoms with Crippen molar-refractivity contribution in [1.29, 1.82) is 0 Å². The third kappa shape index (κ3) is 245. The molecular formula is C4H5F3. The molecule has 0 aliphatic rings. The summed E-state index contributed by atoms with van der Waals surface area (Å²) in [6.07, 6.45) is 1.88. The molecule has 0 heterocycles. The molecule has 0 aromatic heterocycles. The molecule has 7 heavy (non-hydrogen) atoms. The van der Waals surface area contributed by atoms with Crippen LogP contribution in [-0.2, 0) is 0 Å². The summed E-state index contributed by atoms with van der Waals surface area (Å²) in [5.74, 6) is 0. The van der Waals surface area contributed by atoms with Gasteiger partial charge in [-0.05, 0) is 0 Å². The molecule has 0 nitrogen and oxygen atoms in total. The van der Waals surface area contributed by atoms with Gasteiger partial charge in [0, 0.05) is 0 Å². The van der Waals surface area contributed by atoms with Gasteiger partial charge >= 0.3 is 26.0 Å². The molecule has 0 amide bonds. The SMILES string of the molecule is [C+3]CC=C.[F-].[F-].[F-]. The molecule has 0 unspecified atom stereocenters. The van der Waals surface area contributed by atoms with Crippen molar-refractivity contribution in [3.05, 3.63) is 19.6 Å². The topological polar surface area (TPSA) is 0 Å². The van der Waals surface area contributed by atoms with Crippen LogP contribution in [0.5, 0.6) is 0 Å². The summed E-state index contributed by atoms with van der Waals surface area (Å²) in [5, 5.41) is 0. The predicted octanol–water partition coefficient (Wildman–Crippen LogP) is -7.84. The van der Waals surface area contributed by atoms with E-state index in [0.29, 0.717) is 6.42 Å². The maximum atomic E-state index is 6.33. The fourth-order valence-electron chi connectivity index (χ4n) is 0. The van der Waals surface area contributed by atoms with Crippen molar-refractivity contribution in [2.45, 2.75) is 6.42 Å². The van der Waals surface area contributed by atoms with E-state index < -0.39 is 0 Å². The second-order valence-electron chi connectivity index (χ2n) is 0.493. The second-order valence-corrected chi connectivity index (χ2v) is 0.493. The summed E-state index contributed by atoms with van der Waals surface area (Å²) in [6.45, 7) is 9.62. The van der Waals surface area contributed by atoms with E-state index in [2.05, 4.69) is 6.58 Å². The molecule has 0 fully saturated rings. The van der Waals surface area contributed by atoms with Gasteiger partial charge in [-0.2, -0.15) is 0 Å². The smallest absolute Gasteiger partial charge is 1.00 e. The van der Waals surface area contributed by atoms with E-state index in [0.717, 1.165) is 0 Å². The van der Waals surface area contributed by atoms with Crippen molar-refractivity contribution < 1.29 is 14.1 Å². The molecule has 0 rings (SSSR count). The van der Waals surface area contributed by atoms with Crippen molar-refractivity contribution in [3.8, 4) is 0 Å². The third-order valence-corrected chi connectivity index (χ3v) is 0.144. The molecular weight excluding hydrogens is 105 g/mol. The Morgan fingerprint density at radius 3 is 1.43 bits per heavy atom. The molecule has 3 heteroatoms. The fourth-order valence-corrected chi connectivity index (χ4v) is 0. The Balaban J connectivity index is -0.0000000150. The van der Waals surface area contributed by atoms with E-state index in [-0.39, 0.29) is 14.1 Å². The summed E-state index contributed by atoms with van der Waals surface area (Å²) >= 11 is 0. The van der Waals surface area contributed by atoms with Gasteiger partial charge in [-0.25, -0.2) is 0 Å². The number of allylic oxidation sites excluding steroid dienone is 1. The number of rotatable bonds is 1. The molecule has 42 valence electrons. The molecule has 0 spiro atoms. The van der Waals surface area contributed by atoms with Gasteiger partial charge in [0.1, 0.15) is 0 Å². The van der Waals surface area contributed by atoms with Gasteiger partial charge in [0.25, 0.3) is 0 Å². The second kappa shape index (κ2) is 48.5. The molecule has 0 radical (unpaired) electrons. The molecule has 0 bridgehead atoms. The van der Waals surface area contributed by atoms with E-state index in [4.69, 9.17) is 6.92 Å². The molecule has 0 aliphatic carbocycles. The Hall–Kier alpha value is -0.470. The average Bonchev–Trinajstić information content (AvgIpc) is 1.37. The molecule has 0 aromatic carbocycles. The van der Waals surface area contributed by atoms with Crippen LogP contribution in [0.1, 0.15) is 6.42 Å². The van der Waals surface area contributed by atoms with E-state index in [1.165, 1.54) is 0 Å². The van der Waals surface area contributed by atoms with Crippen molar-refractivity contribution in [1.82, 2.24) is 0 Å². The van der Waals surface area contributed by atoms with Gasteiger partial charge in [-0.3, -0.25) is 0 Å². The maximum absolute atomic E-state index is 6.33. The van der Waals surface area contributed by atoms with Crippen LogP contribution in [0.15, 0.2) is 12.7 Å². The van der Waals surface area contributed by atoms with Crippen LogP contribution < -0.4 is 14.1 Å². The maximum Gasteiger partial charge on any atom is -1.00 e. The first-order valence-electron chi connectivity index (χ1n) is 1.17. The number of halogens is 3. The summed E-state index contributed by atoms with van der Waals surface area (Å²) in [7, 11) is 0. The van der Waals surface area contributed by atoms with Crippen LogP contribution in [-0.4, -0.2) is 0 Å². The molecule has 0 aliphatic heterocycles. The van der Waals surface area contributed by atoms with Crippen LogP contribution in [0.2, 0.25) is 0 Å². The standard InChI is InChI=1S/C4H5.3FH/c1-3-4-2;;;/h3H,1,4H2;3*1H/q+3;;;/p-3. The third-order valence-electron chi connectivity index (χ3n) is 0.144. The first-order chi connectivity index (χ1) is 1.91. The van der Waals surface area contributed by atoms with Gasteiger partial charge in [0.15, 0.2) is 0 Å². The normalized spacial score (nSPS) is 3.71. The fraction of sp³-hybridized carbons (Fsp3) is 0.250. The van der Waals surface area contributed by atoms with Crippen LogP contribution in [0, 0.1) is 6.92 Å². The van der Waals surface area contributed by atoms with E-state index in [9.17, 15) is 0 Å². The molecule has 0 saturated carbocycles. The monoisotopic (exact) mass is 110 g/mol. The van der Waals surface area contributed by atoms with Gasteiger partial charge < -0.3 is 14.1 Å². The summed E-state index contributed by atoms with van der Waals surface area (Å²) in [6, 6.07) is 0. The minimum atomic E-state index is 0. The Morgan fingerprint density at radius 2 is 1.43 bits per heavy atom. The summed E-state index contributed by atoms with van der Waals surface area (Å²) in [5.41, 5.74) is 0. The Kier molecular flexibility index (Phi) is 216. The van der Waals surface area contributed by atoms with Crippen LogP contribution in [0.25, 0.3) is 0 Å². The van der Waals surface area contributed by atoms with Gasteiger partial charge in [-0.1, -0.05) is 0 Å². The van der Waals surface area contributed by atoms with Crippen molar-refractivity contribution in [3.63, 3.8) is 0 Å². The first-order valence-corrected chi connectivity index (χ1v) is 1.17. The van der Waals surface area contributed by atoms with Gasteiger partial charge in [0.2, 0.25) is 0 Å². The van der Waals surface area contributed by atoms with E-state index in [1.54, 1.807) is 6.08 Å². The van der Waals surface area contributed by atoms with Gasteiger partial charge in [-0.15, -0.1) is 0 Å². The van der Waals surface area contributed by atoms with E-state index >= 15 is 0 Å². The molecule has 0 aromatic rings. The van der Waals surface area contributed by atoms with Crippen LogP contribution in [0.3, 0.4) is 0 Å². The minimum Gasteiger partial charge on any atom is -1.00 e. The molecule has 0 saturated heterocycles. The number of hydrogen-bond donors (Lipinski definition) is 0. The van der Waals surface area contributed by atoms with Crippen molar-refractivity contribution in [2.24, 2.45) is 0 Å². The minimum absolute atomic E-state index is 0. The average molecular weight is 110 g/mol. The van der Waals surface area contributed by atoms with Crippen LogP contribution >= 0.6 is 0 Å². The molecule has 0 atom stereocenters. The zero-order valence-electron chi connectivity index (χ0n) is 3.63. The predicted molar refractivity (Wildman–Crippen MR) is 18.1 cm³/mol. The van der Waals surface area contributed by atoms with Gasteiger partial charge in [0.05, 0.1) is 0 Å². The summed E-state index contributed by atoms with van der Waals surface area (Å²) in [4.78, 5) is 0. The quantitative estimate of drug-likeness (QED) is 0.294. The Bertz CT molecular complexity index is 20.9. The zero-order valence-corrected chi connectivity index (χ0v) is 3.63.